The number of aromatic nitrogens is 2. The summed E-state index contributed by atoms with van der Waals surface area (Å²) in [6.45, 7) is 13.8. The zero-order valence-electron chi connectivity index (χ0n) is 29.8. The Labute approximate surface area is 308 Å². The van der Waals surface area contributed by atoms with E-state index in [9.17, 15) is 0 Å². The van der Waals surface area contributed by atoms with E-state index in [4.69, 9.17) is 0 Å². The summed E-state index contributed by atoms with van der Waals surface area (Å²) in [6, 6.07) is 30.8. The number of unbranched alkanes of at least 4 members (excludes halogenated alkanes) is 4. The van der Waals surface area contributed by atoms with Crippen LogP contribution in [0.4, 0.5) is 0 Å². The Morgan fingerprint density at radius 1 is 0.562 bits per heavy atom. The molecule has 0 amide bonds. The molecule has 0 aliphatic carbocycles. The minimum atomic E-state index is -1.17. The molecule has 0 unspecified atom stereocenters. The number of thiophene rings is 4. The molecular formula is C41H54N2S4Si. The van der Waals surface area contributed by atoms with Gasteiger partial charge in [0.05, 0.1) is 29.2 Å². The first-order valence-electron chi connectivity index (χ1n) is 17.4. The van der Waals surface area contributed by atoms with Gasteiger partial charge in [-0.15, -0.1) is 45.3 Å². The Morgan fingerprint density at radius 3 is 1.69 bits per heavy atom. The van der Waals surface area contributed by atoms with E-state index in [2.05, 4.69) is 110 Å². The lowest BCUT2D eigenvalue weighted by atomic mass is 10.2. The summed E-state index contributed by atoms with van der Waals surface area (Å²) in [5.41, 5.74) is 2.15. The van der Waals surface area contributed by atoms with Crippen molar-refractivity contribution >= 4 is 57.9 Å². The summed E-state index contributed by atoms with van der Waals surface area (Å²) in [4.78, 5) is 15.7. The van der Waals surface area contributed by atoms with Crippen LogP contribution in [-0.4, -0.2) is 18.0 Å². The Bertz CT molecular complexity index is 1610. The van der Waals surface area contributed by atoms with E-state index in [-0.39, 0.29) is 0 Å². The van der Waals surface area contributed by atoms with E-state index in [0.717, 1.165) is 11.4 Å². The third kappa shape index (κ3) is 14.8. The Morgan fingerprint density at radius 2 is 1.19 bits per heavy atom. The van der Waals surface area contributed by atoms with Crippen LogP contribution in [0.25, 0.3) is 21.1 Å². The van der Waals surface area contributed by atoms with Crippen molar-refractivity contribution in [3.8, 4) is 21.1 Å². The summed E-state index contributed by atoms with van der Waals surface area (Å²) in [6.07, 6.45) is 14.3. The maximum atomic E-state index is 4.40. The number of rotatable bonds is 12. The van der Waals surface area contributed by atoms with Crippen LogP contribution < -0.4 is 4.50 Å². The molecule has 6 aromatic heterocycles. The molecule has 0 saturated carbocycles. The van der Waals surface area contributed by atoms with E-state index in [1.54, 1.807) is 20.7 Å². The third-order valence-electron chi connectivity index (χ3n) is 7.94. The van der Waals surface area contributed by atoms with Crippen LogP contribution in [-0.2, 0) is 12.8 Å². The molecule has 0 atom stereocenters. The first-order chi connectivity index (χ1) is 23.4. The maximum absolute atomic E-state index is 4.40. The van der Waals surface area contributed by atoms with E-state index in [0.29, 0.717) is 0 Å². The fourth-order valence-corrected chi connectivity index (χ4v) is 10.5. The van der Waals surface area contributed by atoms with Crippen LogP contribution >= 0.6 is 45.3 Å². The number of nitrogens with zero attached hydrogens (tertiary/aromatic N) is 2. The molecule has 0 bridgehead atoms. The highest BCUT2D eigenvalue weighted by molar-refractivity contribution is 7.29. The van der Waals surface area contributed by atoms with Gasteiger partial charge in [0.15, 0.2) is 0 Å². The summed E-state index contributed by atoms with van der Waals surface area (Å²) in [5.74, 6) is 0. The second-order valence-electron chi connectivity index (χ2n) is 12.3. The van der Waals surface area contributed by atoms with Crippen molar-refractivity contribution in [2.24, 2.45) is 0 Å². The zero-order valence-corrected chi connectivity index (χ0v) is 34.0. The zero-order chi connectivity index (χ0) is 34.5. The molecule has 0 spiro atoms. The van der Waals surface area contributed by atoms with Crippen LogP contribution in [0.1, 0.15) is 73.9 Å². The molecule has 6 aromatic rings. The highest BCUT2D eigenvalue weighted by Crippen LogP contribution is 2.24. The standard InChI is InChI=1S/C13H17NSSi.C10H16S.C9H7NS.C9H14S/c1-4-16(2,3)13-9-8-12(15-13)11-7-5-6-10-14-11;1-3-4-5-6-10-8-7-9(2)11-10;1-2-6-10-8(4-1)9-5-3-7-11-9;1-2-3-4-6-9-7-5-8-10-9/h5-10H,4H2,1-3H3;7-8H,3-6H2,1-2H3;1-7H;5,7-8H,2-4,6H2,1H3. The molecule has 256 valence electrons. The lowest BCUT2D eigenvalue weighted by Crippen LogP contribution is -2.37. The van der Waals surface area contributed by atoms with Crippen LogP contribution in [0.15, 0.2) is 108 Å². The lowest BCUT2D eigenvalue weighted by molar-refractivity contribution is 0.722. The number of hydrogen-bond donors (Lipinski definition) is 0. The highest BCUT2D eigenvalue weighted by atomic mass is 32.1. The number of pyridine rings is 2. The molecule has 7 heteroatoms. The van der Waals surface area contributed by atoms with Crippen molar-refractivity contribution in [3.63, 3.8) is 0 Å². The van der Waals surface area contributed by atoms with E-state index in [1.807, 2.05) is 82.8 Å². The molecule has 0 saturated heterocycles. The van der Waals surface area contributed by atoms with Crippen molar-refractivity contribution in [2.75, 3.05) is 0 Å². The second kappa shape index (κ2) is 22.9. The second-order valence-corrected chi connectivity index (χ2v) is 22.1. The lowest BCUT2D eigenvalue weighted by Gasteiger charge is -2.17. The average Bonchev–Trinajstić information content (AvgIpc) is 3.96. The topological polar surface area (TPSA) is 25.8 Å². The van der Waals surface area contributed by atoms with Gasteiger partial charge in [0.25, 0.3) is 0 Å². The van der Waals surface area contributed by atoms with E-state index in [1.165, 1.54) is 76.9 Å². The van der Waals surface area contributed by atoms with Gasteiger partial charge in [0.2, 0.25) is 0 Å². The van der Waals surface area contributed by atoms with Gasteiger partial charge in [-0.2, -0.15) is 0 Å². The normalized spacial score (nSPS) is 10.6. The minimum absolute atomic E-state index is 1.06. The summed E-state index contributed by atoms with van der Waals surface area (Å²) >= 11 is 7.44. The fraction of sp³-hybridized carbons (Fsp3) is 0.366. The van der Waals surface area contributed by atoms with Crippen LogP contribution in [0, 0.1) is 6.92 Å². The SMILES string of the molecule is CCCCCc1ccc(C)s1.CCCCCc1cccs1.CC[Si](C)(C)c1ccc(-c2ccccn2)s1.c1ccc(-c2cccs2)nc1. The molecular weight excluding hydrogens is 677 g/mol. The molecule has 0 N–H and O–H groups in total. The van der Waals surface area contributed by atoms with Crippen molar-refractivity contribution in [1.29, 1.82) is 0 Å². The molecule has 48 heavy (non-hydrogen) atoms. The van der Waals surface area contributed by atoms with Gasteiger partial charge < -0.3 is 0 Å². The largest absolute Gasteiger partial charge is 0.255 e. The van der Waals surface area contributed by atoms with Crippen LogP contribution in [0.3, 0.4) is 0 Å². The number of aryl methyl sites for hydroxylation is 3. The van der Waals surface area contributed by atoms with Crippen LogP contribution in [0.5, 0.6) is 0 Å². The predicted octanol–water partition coefficient (Wildman–Crippen LogP) is 13.8. The van der Waals surface area contributed by atoms with Gasteiger partial charge in [-0.3, -0.25) is 9.97 Å². The summed E-state index contributed by atoms with van der Waals surface area (Å²) in [5, 5.41) is 4.21. The minimum Gasteiger partial charge on any atom is -0.255 e. The molecule has 0 radical (unpaired) electrons. The molecule has 6 rings (SSSR count). The smallest absolute Gasteiger partial charge is 0.0932 e. The molecule has 0 aliphatic rings. The molecule has 0 aromatic carbocycles. The van der Waals surface area contributed by atoms with Gasteiger partial charge in [0.1, 0.15) is 0 Å². The number of hydrogen-bond acceptors (Lipinski definition) is 6. The Kier molecular flexibility index (Phi) is 18.9. The van der Waals surface area contributed by atoms with Crippen LogP contribution in [0.2, 0.25) is 19.1 Å². The van der Waals surface area contributed by atoms with Crippen molar-refractivity contribution in [1.82, 2.24) is 9.97 Å². The molecule has 2 nitrogen and oxygen atoms in total. The third-order valence-corrected chi connectivity index (χ3v) is 17.0. The van der Waals surface area contributed by atoms with Gasteiger partial charge >= 0.3 is 0 Å². The quantitative estimate of drug-likeness (QED) is 0.0925. The summed E-state index contributed by atoms with van der Waals surface area (Å²) < 4.78 is 1.58. The first-order valence-corrected chi connectivity index (χ1v) is 24.0. The molecule has 0 fully saturated rings. The fourth-order valence-electron chi connectivity index (χ4n) is 4.63. The Hall–Kier alpha value is -2.68. The molecule has 6 heterocycles. The van der Waals surface area contributed by atoms with Gasteiger partial charge in [-0.05, 0) is 102 Å². The first kappa shape index (κ1) is 39.8. The highest BCUT2D eigenvalue weighted by Gasteiger charge is 2.23. The monoisotopic (exact) mass is 730 g/mol. The predicted molar refractivity (Wildman–Crippen MR) is 223 cm³/mol. The van der Waals surface area contributed by atoms with Gasteiger partial charge in [-0.1, -0.05) is 95.9 Å². The average molecular weight is 731 g/mol. The van der Waals surface area contributed by atoms with Crippen molar-refractivity contribution in [2.45, 2.75) is 98.2 Å². The molecule has 0 aliphatic heterocycles. The van der Waals surface area contributed by atoms with Crippen molar-refractivity contribution in [3.05, 3.63) is 123 Å². The van der Waals surface area contributed by atoms with Crippen molar-refractivity contribution < 1.29 is 0 Å². The van der Waals surface area contributed by atoms with E-state index >= 15 is 0 Å². The summed E-state index contributed by atoms with van der Waals surface area (Å²) in [7, 11) is -1.17. The van der Waals surface area contributed by atoms with E-state index < -0.39 is 8.07 Å². The Balaban J connectivity index is 0.000000177. The maximum Gasteiger partial charge on any atom is 0.0932 e. The van der Waals surface area contributed by atoms with Gasteiger partial charge in [-0.25, -0.2) is 0 Å². The van der Waals surface area contributed by atoms with Gasteiger partial charge in [0, 0.05) is 27.0 Å².